The first-order chi connectivity index (χ1) is 13.4. The topological polar surface area (TPSA) is 90.3 Å². The molecule has 2 aromatic rings. The van der Waals surface area contributed by atoms with Crippen LogP contribution in [0.25, 0.3) is 11.1 Å². The van der Waals surface area contributed by atoms with Crippen molar-refractivity contribution in [3.05, 3.63) is 59.7 Å². The molecule has 1 heterocycles. The summed E-state index contributed by atoms with van der Waals surface area (Å²) in [7, 11) is -1.15. The van der Waals surface area contributed by atoms with Crippen molar-refractivity contribution < 1.29 is 13.2 Å². The predicted octanol–water partition coefficient (Wildman–Crippen LogP) is 1.96. The van der Waals surface area contributed by atoms with Crippen molar-refractivity contribution in [1.82, 2.24) is 10.2 Å². The molecule has 1 fully saturated rings. The fraction of sp³-hybridized carbons (Fsp3) is 0.333. The van der Waals surface area contributed by atoms with Gasteiger partial charge in [0.25, 0.3) is 0 Å². The van der Waals surface area contributed by atoms with Crippen molar-refractivity contribution in [3.8, 4) is 17.2 Å². The molecule has 0 aliphatic carbocycles. The summed E-state index contributed by atoms with van der Waals surface area (Å²) < 4.78 is 23.0. The van der Waals surface area contributed by atoms with Gasteiger partial charge in [0.2, 0.25) is 5.91 Å². The number of amides is 1. The van der Waals surface area contributed by atoms with Crippen LogP contribution in [0.3, 0.4) is 0 Å². The number of carbonyl (C=O) groups excluding carboxylic acids is 1. The molecule has 0 saturated carbocycles. The zero-order valence-electron chi connectivity index (χ0n) is 15.8. The summed E-state index contributed by atoms with van der Waals surface area (Å²) in [5.41, 5.74) is 3.56. The lowest BCUT2D eigenvalue weighted by Crippen LogP contribution is -2.41. The Kier molecular flexibility index (Phi) is 6.12. The van der Waals surface area contributed by atoms with E-state index in [0.717, 1.165) is 16.7 Å². The third-order valence-corrected chi connectivity index (χ3v) is 6.54. The van der Waals surface area contributed by atoms with Gasteiger partial charge in [0.15, 0.2) is 9.84 Å². The molecular weight excluding hydrogens is 374 g/mol. The first-order valence-corrected chi connectivity index (χ1v) is 11.0. The average Bonchev–Trinajstić information content (AvgIpc) is 3.00. The Hall–Kier alpha value is -2.69. The lowest BCUT2D eigenvalue weighted by molar-refractivity contribution is -0.122. The molecule has 0 spiro atoms. The highest BCUT2D eigenvalue weighted by Gasteiger charge is 2.28. The van der Waals surface area contributed by atoms with Crippen molar-refractivity contribution in [1.29, 1.82) is 5.26 Å². The Labute approximate surface area is 165 Å². The van der Waals surface area contributed by atoms with Gasteiger partial charge >= 0.3 is 0 Å². The van der Waals surface area contributed by atoms with Gasteiger partial charge in [-0.1, -0.05) is 42.5 Å². The van der Waals surface area contributed by atoms with Gasteiger partial charge in [0.05, 0.1) is 29.7 Å². The molecule has 2 aromatic carbocycles. The van der Waals surface area contributed by atoms with Gasteiger partial charge in [-0.05, 0) is 36.2 Å². The fourth-order valence-corrected chi connectivity index (χ4v) is 5.09. The molecule has 0 bridgehead atoms. The fourth-order valence-electron chi connectivity index (χ4n) is 3.42. The molecular formula is C21H23N3O3S. The summed E-state index contributed by atoms with van der Waals surface area (Å²) in [6.07, 6.45) is 0.490. The number of sulfone groups is 1. The van der Waals surface area contributed by atoms with E-state index in [-0.39, 0.29) is 30.0 Å². The monoisotopic (exact) mass is 397 g/mol. The second kappa shape index (κ2) is 8.55. The molecule has 1 unspecified atom stereocenters. The van der Waals surface area contributed by atoms with Gasteiger partial charge in [-0.15, -0.1) is 0 Å². The van der Waals surface area contributed by atoms with Crippen LogP contribution in [0.5, 0.6) is 0 Å². The van der Waals surface area contributed by atoms with E-state index >= 15 is 0 Å². The van der Waals surface area contributed by atoms with Gasteiger partial charge in [-0.2, -0.15) is 5.26 Å². The number of benzene rings is 2. The minimum Gasteiger partial charge on any atom is -0.351 e. The SMILES string of the molecule is CN(CC(=O)NC1CCS(=O)(=O)C1)Cc1ccc(-c2ccccc2C#N)cc1. The quantitative estimate of drug-likeness (QED) is 0.805. The zero-order chi connectivity index (χ0) is 20.1. The highest BCUT2D eigenvalue weighted by molar-refractivity contribution is 7.91. The van der Waals surface area contributed by atoms with Crippen molar-refractivity contribution >= 4 is 15.7 Å². The normalized spacial score (nSPS) is 18.0. The molecule has 146 valence electrons. The minimum absolute atomic E-state index is 0.0358. The minimum atomic E-state index is -3.00. The van der Waals surface area contributed by atoms with Gasteiger partial charge in [-0.25, -0.2) is 8.42 Å². The lowest BCUT2D eigenvalue weighted by atomic mass is 9.99. The number of hydrogen-bond donors (Lipinski definition) is 1. The summed E-state index contributed by atoms with van der Waals surface area (Å²) in [5.74, 6) is 0.0209. The number of nitrogens with zero attached hydrogens (tertiary/aromatic N) is 2. The summed E-state index contributed by atoms with van der Waals surface area (Å²) in [4.78, 5) is 14.0. The second-order valence-corrected chi connectivity index (χ2v) is 9.42. The number of nitrogens with one attached hydrogen (secondary N) is 1. The van der Waals surface area contributed by atoms with Crippen molar-refractivity contribution in [2.45, 2.75) is 19.0 Å². The number of rotatable bonds is 6. The smallest absolute Gasteiger partial charge is 0.234 e. The summed E-state index contributed by atoms with van der Waals surface area (Å²) >= 11 is 0. The molecule has 3 rings (SSSR count). The molecule has 1 aliphatic heterocycles. The third kappa shape index (κ3) is 5.18. The van der Waals surface area contributed by atoms with Crippen LogP contribution in [0.4, 0.5) is 0 Å². The van der Waals surface area contributed by atoms with E-state index in [4.69, 9.17) is 0 Å². The number of carbonyl (C=O) groups is 1. The van der Waals surface area contributed by atoms with E-state index < -0.39 is 9.84 Å². The van der Waals surface area contributed by atoms with Crippen LogP contribution < -0.4 is 5.32 Å². The van der Waals surface area contributed by atoms with Crippen LogP contribution in [0.15, 0.2) is 48.5 Å². The van der Waals surface area contributed by atoms with Crippen LogP contribution in [-0.2, 0) is 21.2 Å². The molecule has 6 nitrogen and oxygen atoms in total. The molecule has 7 heteroatoms. The maximum atomic E-state index is 12.1. The van der Waals surface area contributed by atoms with E-state index in [1.54, 1.807) is 6.07 Å². The predicted molar refractivity (Wildman–Crippen MR) is 108 cm³/mol. The van der Waals surface area contributed by atoms with E-state index in [1.807, 2.05) is 54.4 Å². The number of nitriles is 1. The van der Waals surface area contributed by atoms with Crippen LogP contribution >= 0.6 is 0 Å². The van der Waals surface area contributed by atoms with Crippen LogP contribution in [0.2, 0.25) is 0 Å². The van der Waals surface area contributed by atoms with Crippen molar-refractivity contribution in [3.63, 3.8) is 0 Å². The average molecular weight is 398 g/mol. The Bertz CT molecular complexity index is 994. The summed E-state index contributed by atoms with van der Waals surface area (Å²) in [6.45, 7) is 0.798. The van der Waals surface area contributed by atoms with E-state index in [9.17, 15) is 18.5 Å². The Morgan fingerprint density at radius 3 is 2.57 bits per heavy atom. The Morgan fingerprint density at radius 2 is 1.93 bits per heavy atom. The first kappa shape index (κ1) is 20.1. The molecule has 0 radical (unpaired) electrons. The zero-order valence-corrected chi connectivity index (χ0v) is 16.6. The maximum absolute atomic E-state index is 12.1. The van der Waals surface area contributed by atoms with Crippen molar-refractivity contribution in [2.75, 3.05) is 25.1 Å². The molecule has 1 amide bonds. The van der Waals surface area contributed by atoms with E-state index in [1.165, 1.54) is 0 Å². The molecule has 1 N–H and O–H groups in total. The number of likely N-dealkylation sites (N-methyl/N-ethyl adjacent to an activating group) is 1. The summed E-state index contributed by atoms with van der Waals surface area (Å²) in [5, 5.41) is 12.0. The molecule has 1 saturated heterocycles. The lowest BCUT2D eigenvalue weighted by Gasteiger charge is -2.18. The van der Waals surface area contributed by atoms with Gasteiger partial charge < -0.3 is 5.32 Å². The van der Waals surface area contributed by atoms with E-state index in [0.29, 0.717) is 18.5 Å². The molecule has 1 atom stereocenters. The highest BCUT2D eigenvalue weighted by Crippen LogP contribution is 2.23. The molecule has 0 aromatic heterocycles. The van der Waals surface area contributed by atoms with Crippen LogP contribution in [0, 0.1) is 11.3 Å². The first-order valence-electron chi connectivity index (χ1n) is 9.13. The number of hydrogen-bond acceptors (Lipinski definition) is 5. The van der Waals surface area contributed by atoms with E-state index in [2.05, 4.69) is 11.4 Å². The highest BCUT2D eigenvalue weighted by atomic mass is 32.2. The van der Waals surface area contributed by atoms with Gasteiger partial charge in [-0.3, -0.25) is 9.69 Å². The van der Waals surface area contributed by atoms with Gasteiger partial charge in [0, 0.05) is 12.6 Å². The van der Waals surface area contributed by atoms with Crippen LogP contribution in [0.1, 0.15) is 17.5 Å². The third-order valence-electron chi connectivity index (χ3n) is 4.78. The Balaban J connectivity index is 1.55. The Morgan fingerprint density at radius 1 is 1.21 bits per heavy atom. The van der Waals surface area contributed by atoms with Crippen molar-refractivity contribution in [2.24, 2.45) is 0 Å². The standard InChI is InChI=1S/C21H23N3O3S/c1-24(14-21(25)23-19-10-11-28(26,27)15-19)13-16-6-8-17(9-7-16)20-5-3-2-4-18(20)12-22/h2-9,19H,10-11,13-15H2,1H3,(H,23,25). The summed E-state index contributed by atoms with van der Waals surface area (Å²) in [6, 6.07) is 17.3. The van der Waals surface area contributed by atoms with Gasteiger partial charge in [0.1, 0.15) is 0 Å². The largest absolute Gasteiger partial charge is 0.351 e. The molecule has 1 aliphatic rings. The second-order valence-electron chi connectivity index (χ2n) is 7.19. The maximum Gasteiger partial charge on any atom is 0.234 e. The molecule has 28 heavy (non-hydrogen) atoms. The van der Waals surface area contributed by atoms with Crippen LogP contribution in [-0.4, -0.2) is 50.4 Å².